The molecule has 0 nitrogen and oxygen atoms in total. The molecule has 0 radical (unpaired) electrons. The lowest BCUT2D eigenvalue weighted by Crippen LogP contribution is -2.40. The summed E-state index contributed by atoms with van der Waals surface area (Å²) in [6.45, 7) is 9.71. The number of hydrogen-bond acceptors (Lipinski definition) is 0. The van der Waals surface area contributed by atoms with E-state index in [1.54, 1.807) is 16.4 Å². The molecule has 17 heavy (non-hydrogen) atoms. The van der Waals surface area contributed by atoms with Crippen molar-refractivity contribution in [1.82, 2.24) is 0 Å². The summed E-state index contributed by atoms with van der Waals surface area (Å²) >= 11 is 0. The highest BCUT2D eigenvalue weighted by molar-refractivity contribution is 7.66. The van der Waals surface area contributed by atoms with Crippen LogP contribution in [0.3, 0.4) is 0 Å². The lowest BCUT2D eigenvalue weighted by Gasteiger charge is -2.45. The topological polar surface area (TPSA) is 0 Å². The van der Waals surface area contributed by atoms with Gasteiger partial charge in [0.25, 0.3) is 0 Å². The molecule has 0 fully saturated rings. The molecule has 1 aromatic carbocycles. The predicted molar refractivity (Wildman–Crippen MR) is 78.0 cm³/mol. The SMILES string of the molecule is CC1(C)CCP2CCC(C)(C)c3cccc1c32. The fraction of sp³-hybridized carbons (Fsp3) is 0.625. The molecular formula is C16H23P. The van der Waals surface area contributed by atoms with Crippen LogP contribution in [0, 0.1) is 0 Å². The quantitative estimate of drug-likeness (QED) is 0.603. The first kappa shape index (κ1) is 11.7. The Balaban J connectivity index is 2.26. The second kappa shape index (κ2) is 3.58. The van der Waals surface area contributed by atoms with Gasteiger partial charge in [0.15, 0.2) is 0 Å². The molecule has 2 aliphatic rings. The van der Waals surface area contributed by atoms with Gasteiger partial charge in [-0.2, -0.15) is 0 Å². The molecule has 92 valence electrons. The third kappa shape index (κ3) is 1.68. The Morgan fingerprint density at radius 3 is 1.82 bits per heavy atom. The van der Waals surface area contributed by atoms with Crippen LogP contribution in [0.15, 0.2) is 18.2 Å². The van der Waals surface area contributed by atoms with Crippen molar-refractivity contribution in [2.24, 2.45) is 0 Å². The third-order valence-corrected chi connectivity index (χ3v) is 7.47. The third-order valence-electron chi connectivity index (χ3n) is 4.82. The van der Waals surface area contributed by atoms with E-state index in [0.717, 1.165) is 0 Å². The number of hydrogen-bond donors (Lipinski definition) is 0. The zero-order valence-electron chi connectivity index (χ0n) is 11.5. The van der Waals surface area contributed by atoms with Crippen molar-refractivity contribution in [1.29, 1.82) is 0 Å². The van der Waals surface area contributed by atoms with Crippen LogP contribution in [0.1, 0.15) is 51.7 Å². The molecule has 0 aliphatic carbocycles. The van der Waals surface area contributed by atoms with Gasteiger partial charge in [0.2, 0.25) is 0 Å². The smallest absolute Gasteiger partial charge is 0.00937 e. The standard InChI is InChI=1S/C16H23P/c1-15(2)8-10-17-11-9-16(3,4)13-7-5-6-12(15)14(13)17/h5-7H,8-11H2,1-4H3. The van der Waals surface area contributed by atoms with E-state index in [0.29, 0.717) is 10.8 Å². The normalized spacial score (nSPS) is 25.4. The lowest BCUT2D eigenvalue weighted by atomic mass is 9.76. The Bertz CT molecular complexity index is 418. The molecule has 1 heteroatoms. The van der Waals surface area contributed by atoms with Crippen molar-refractivity contribution in [3.05, 3.63) is 29.3 Å². The second-order valence-electron chi connectivity index (χ2n) is 6.96. The summed E-state index contributed by atoms with van der Waals surface area (Å²) in [4.78, 5) is 0. The largest absolute Gasteiger partial charge is 0.0746 e. The minimum Gasteiger partial charge on any atom is -0.0746 e. The van der Waals surface area contributed by atoms with Crippen LogP contribution in [0.25, 0.3) is 0 Å². The fourth-order valence-corrected chi connectivity index (χ4v) is 7.17. The molecule has 2 heterocycles. The van der Waals surface area contributed by atoms with E-state index in [2.05, 4.69) is 45.9 Å². The monoisotopic (exact) mass is 246 g/mol. The van der Waals surface area contributed by atoms with Gasteiger partial charge in [0.1, 0.15) is 0 Å². The molecular weight excluding hydrogens is 223 g/mol. The van der Waals surface area contributed by atoms with Gasteiger partial charge in [0.05, 0.1) is 0 Å². The molecule has 0 saturated heterocycles. The molecule has 2 aliphatic heterocycles. The average molecular weight is 246 g/mol. The van der Waals surface area contributed by atoms with Gasteiger partial charge in [-0.05, 0) is 52.4 Å². The van der Waals surface area contributed by atoms with Crippen LogP contribution in [0.2, 0.25) is 0 Å². The Hall–Kier alpha value is -0.350. The maximum Gasteiger partial charge on any atom is -0.00937 e. The van der Waals surface area contributed by atoms with Crippen LogP contribution in [-0.2, 0) is 10.8 Å². The summed E-state index contributed by atoms with van der Waals surface area (Å²) < 4.78 is 0. The van der Waals surface area contributed by atoms with Crippen LogP contribution in [0.4, 0.5) is 0 Å². The number of rotatable bonds is 0. The summed E-state index contributed by atoms with van der Waals surface area (Å²) in [5.74, 6) is 0. The number of benzene rings is 1. The highest BCUT2D eigenvalue weighted by atomic mass is 31.1. The van der Waals surface area contributed by atoms with E-state index in [4.69, 9.17) is 0 Å². The van der Waals surface area contributed by atoms with E-state index >= 15 is 0 Å². The van der Waals surface area contributed by atoms with Crippen molar-refractivity contribution in [2.45, 2.75) is 51.4 Å². The minimum absolute atomic E-state index is 0.164. The first-order valence-electron chi connectivity index (χ1n) is 6.81. The van der Waals surface area contributed by atoms with Crippen molar-refractivity contribution < 1.29 is 0 Å². The molecule has 0 amide bonds. The van der Waals surface area contributed by atoms with Gasteiger partial charge in [-0.1, -0.05) is 53.8 Å². The summed E-state index contributed by atoms with van der Waals surface area (Å²) in [5.41, 5.74) is 4.13. The molecule has 0 saturated carbocycles. The Labute approximate surface area is 107 Å². The second-order valence-corrected chi connectivity index (χ2v) is 9.38. The highest BCUT2D eigenvalue weighted by Crippen LogP contribution is 2.53. The Morgan fingerprint density at radius 2 is 1.35 bits per heavy atom. The maximum atomic E-state index is 2.43. The van der Waals surface area contributed by atoms with Crippen molar-refractivity contribution in [3.63, 3.8) is 0 Å². The van der Waals surface area contributed by atoms with E-state index < -0.39 is 0 Å². The molecule has 1 aromatic rings. The van der Waals surface area contributed by atoms with Crippen LogP contribution < -0.4 is 5.30 Å². The zero-order valence-corrected chi connectivity index (χ0v) is 12.4. The molecule has 0 unspecified atom stereocenters. The predicted octanol–water partition coefficient (Wildman–Crippen LogP) is 4.16. The summed E-state index contributed by atoms with van der Waals surface area (Å²) in [5, 5.41) is 1.79. The molecule has 0 N–H and O–H groups in total. The maximum absolute atomic E-state index is 2.43. The van der Waals surface area contributed by atoms with Gasteiger partial charge >= 0.3 is 0 Å². The lowest BCUT2D eigenvalue weighted by molar-refractivity contribution is 0.481. The van der Waals surface area contributed by atoms with E-state index in [-0.39, 0.29) is 7.92 Å². The van der Waals surface area contributed by atoms with Crippen molar-refractivity contribution in [2.75, 3.05) is 12.3 Å². The van der Waals surface area contributed by atoms with Gasteiger partial charge in [-0.15, -0.1) is 0 Å². The molecule has 0 aromatic heterocycles. The first-order chi connectivity index (χ1) is 7.92. The van der Waals surface area contributed by atoms with Crippen LogP contribution in [0.5, 0.6) is 0 Å². The molecule has 3 rings (SSSR count). The average Bonchev–Trinajstić information content (AvgIpc) is 2.27. The molecule has 0 atom stereocenters. The summed E-state index contributed by atoms with van der Waals surface area (Å²) in [7, 11) is 0.164. The minimum atomic E-state index is 0.164. The highest BCUT2D eigenvalue weighted by Gasteiger charge is 2.40. The van der Waals surface area contributed by atoms with Crippen LogP contribution >= 0.6 is 7.92 Å². The van der Waals surface area contributed by atoms with E-state index in [1.807, 2.05) is 0 Å². The van der Waals surface area contributed by atoms with Gasteiger partial charge in [0, 0.05) is 0 Å². The van der Waals surface area contributed by atoms with Crippen molar-refractivity contribution in [3.8, 4) is 0 Å². The van der Waals surface area contributed by atoms with Gasteiger partial charge in [-0.25, -0.2) is 0 Å². The Morgan fingerprint density at radius 1 is 0.882 bits per heavy atom. The Kier molecular flexibility index (Phi) is 2.47. The molecule has 0 bridgehead atoms. The van der Waals surface area contributed by atoms with Gasteiger partial charge < -0.3 is 0 Å². The van der Waals surface area contributed by atoms with Crippen LogP contribution in [-0.4, -0.2) is 12.3 Å². The van der Waals surface area contributed by atoms with E-state index in [1.165, 1.54) is 25.2 Å². The molecule has 0 spiro atoms. The van der Waals surface area contributed by atoms with Gasteiger partial charge in [-0.3, -0.25) is 0 Å². The summed E-state index contributed by atoms with van der Waals surface area (Å²) in [6, 6.07) is 7.09. The van der Waals surface area contributed by atoms with Crippen molar-refractivity contribution >= 4 is 13.2 Å². The fourth-order valence-electron chi connectivity index (χ4n) is 3.41. The summed E-state index contributed by atoms with van der Waals surface area (Å²) in [6.07, 6.45) is 5.69. The zero-order chi connectivity index (χ0) is 12.3. The van der Waals surface area contributed by atoms with E-state index in [9.17, 15) is 0 Å². The first-order valence-corrected chi connectivity index (χ1v) is 8.52.